The van der Waals surface area contributed by atoms with Crippen LogP contribution in [0.15, 0.2) is 24.3 Å². The highest BCUT2D eigenvalue weighted by atomic mass is 35.5. The van der Waals surface area contributed by atoms with Gasteiger partial charge in [0, 0.05) is 12.7 Å². The van der Waals surface area contributed by atoms with E-state index in [0.29, 0.717) is 6.61 Å². The molecule has 0 aliphatic rings. The topological polar surface area (TPSA) is 35.0 Å². The van der Waals surface area contributed by atoms with E-state index in [9.17, 15) is 8.78 Å². The lowest BCUT2D eigenvalue weighted by Gasteiger charge is -2.07. The van der Waals surface area contributed by atoms with E-state index in [1.165, 1.54) is 12.1 Å². The van der Waals surface area contributed by atoms with Crippen molar-refractivity contribution in [3.63, 3.8) is 0 Å². The number of ether oxygens (including phenoxy) is 1. The summed E-state index contributed by atoms with van der Waals surface area (Å²) in [7, 11) is 0. The van der Waals surface area contributed by atoms with Gasteiger partial charge in [-0.05, 0) is 19.1 Å². The van der Waals surface area contributed by atoms with Crippen LogP contribution >= 0.6 is 11.6 Å². The highest BCUT2D eigenvalue weighted by Gasteiger charge is 2.14. The number of rotatable bonds is 4. The van der Waals surface area contributed by atoms with Crippen molar-refractivity contribution in [2.75, 3.05) is 6.61 Å². The average molecular weight is 285 g/mol. The van der Waals surface area contributed by atoms with Crippen molar-refractivity contribution >= 4 is 11.6 Å². The summed E-state index contributed by atoms with van der Waals surface area (Å²) in [5, 5.41) is 0.113. The first kappa shape index (κ1) is 13.8. The zero-order chi connectivity index (χ0) is 13.8. The number of halogens is 3. The van der Waals surface area contributed by atoms with Gasteiger partial charge in [-0.3, -0.25) is 0 Å². The van der Waals surface area contributed by atoms with Gasteiger partial charge in [0.2, 0.25) is 0 Å². The van der Waals surface area contributed by atoms with Gasteiger partial charge in [-0.25, -0.2) is 18.7 Å². The van der Waals surface area contributed by atoms with Crippen molar-refractivity contribution in [1.82, 2.24) is 9.97 Å². The first-order chi connectivity index (χ1) is 9.11. The van der Waals surface area contributed by atoms with E-state index in [-0.39, 0.29) is 28.8 Å². The van der Waals surface area contributed by atoms with Gasteiger partial charge in [0.15, 0.2) is 5.82 Å². The van der Waals surface area contributed by atoms with Crippen LogP contribution in [0.1, 0.15) is 12.7 Å². The predicted octanol–water partition coefficient (Wildman–Crippen LogP) is 3.61. The van der Waals surface area contributed by atoms with Gasteiger partial charge in [-0.1, -0.05) is 17.7 Å². The zero-order valence-electron chi connectivity index (χ0n) is 10.2. The van der Waals surface area contributed by atoms with Gasteiger partial charge in [0.1, 0.15) is 23.4 Å². The molecule has 6 heteroatoms. The molecular weight excluding hydrogens is 274 g/mol. The van der Waals surface area contributed by atoms with E-state index >= 15 is 0 Å². The highest BCUT2D eigenvalue weighted by molar-refractivity contribution is 6.29. The molecule has 0 bridgehead atoms. The third-order valence-corrected chi connectivity index (χ3v) is 2.59. The van der Waals surface area contributed by atoms with Gasteiger partial charge in [0.05, 0.1) is 11.3 Å². The fourth-order valence-electron chi connectivity index (χ4n) is 1.59. The van der Waals surface area contributed by atoms with Crippen molar-refractivity contribution in [2.45, 2.75) is 13.5 Å². The molecule has 0 unspecified atom stereocenters. The van der Waals surface area contributed by atoms with E-state index in [1.807, 2.05) is 6.92 Å². The van der Waals surface area contributed by atoms with Crippen LogP contribution in [0.3, 0.4) is 0 Å². The Bertz CT molecular complexity index is 573. The molecule has 19 heavy (non-hydrogen) atoms. The Morgan fingerprint density at radius 3 is 2.53 bits per heavy atom. The van der Waals surface area contributed by atoms with Crippen molar-refractivity contribution in [3.05, 3.63) is 46.9 Å². The first-order valence-electron chi connectivity index (χ1n) is 5.67. The van der Waals surface area contributed by atoms with E-state index < -0.39 is 11.6 Å². The summed E-state index contributed by atoms with van der Waals surface area (Å²) in [5.41, 5.74) is -0.116. The maximum atomic E-state index is 13.7. The summed E-state index contributed by atoms with van der Waals surface area (Å²) < 4.78 is 32.5. The highest BCUT2D eigenvalue weighted by Crippen LogP contribution is 2.26. The van der Waals surface area contributed by atoms with Crippen molar-refractivity contribution in [1.29, 1.82) is 0 Å². The number of benzene rings is 1. The Labute approximate surface area is 114 Å². The van der Waals surface area contributed by atoms with Crippen molar-refractivity contribution in [2.24, 2.45) is 0 Å². The van der Waals surface area contributed by atoms with E-state index in [0.717, 1.165) is 12.1 Å². The lowest BCUT2D eigenvalue weighted by molar-refractivity contribution is 0.128. The van der Waals surface area contributed by atoms with Crippen LogP contribution < -0.4 is 0 Å². The summed E-state index contributed by atoms with van der Waals surface area (Å²) in [6.07, 6.45) is 0. The summed E-state index contributed by atoms with van der Waals surface area (Å²) in [6, 6.07) is 4.93. The molecule has 0 radical (unpaired) electrons. The molecule has 2 rings (SSSR count). The SMILES string of the molecule is CCOCc1nc(Cl)cc(-c2c(F)cccc2F)n1. The number of hydrogen-bond donors (Lipinski definition) is 0. The predicted molar refractivity (Wildman–Crippen MR) is 67.7 cm³/mol. The van der Waals surface area contributed by atoms with Gasteiger partial charge in [0.25, 0.3) is 0 Å². The lowest BCUT2D eigenvalue weighted by atomic mass is 10.1. The van der Waals surface area contributed by atoms with Gasteiger partial charge < -0.3 is 4.74 Å². The molecule has 1 aromatic carbocycles. The Morgan fingerprint density at radius 2 is 1.89 bits per heavy atom. The second-order valence-electron chi connectivity index (χ2n) is 3.73. The minimum absolute atomic E-state index is 0.102. The van der Waals surface area contributed by atoms with E-state index in [2.05, 4.69) is 9.97 Å². The first-order valence-corrected chi connectivity index (χ1v) is 6.05. The van der Waals surface area contributed by atoms with Crippen LogP contribution in [0.25, 0.3) is 11.3 Å². The molecular formula is C13H11ClF2N2O. The fraction of sp³-hybridized carbons (Fsp3) is 0.231. The largest absolute Gasteiger partial charge is 0.374 e. The summed E-state index contributed by atoms with van der Waals surface area (Å²) in [4.78, 5) is 8.00. The number of nitrogens with zero attached hydrogens (tertiary/aromatic N) is 2. The third kappa shape index (κ3) is 3.24. The van der Waals surface area contributed by atoms with Crippen LogP contribution in [-0.2, 0) is 11.3 Å². The average Bonchev–Trinajstić information content (AvgIpc) is 2.35. The standard InChI is InChI=1S/C13H11ClF2N2O/c1-2-19-7-12-17-10(6-11(14)18-12)13-8(15)4-3-5-9(13)16/h3-6H,2,7H2,1H3. The summed E-state index contributed by atoms with van der Waals surface area (Å²) >= 11 is 5.83. The molecule has 3 nitrogen and oxygen atoms in total. The molecule has 2 aromatic rings. The van der Waals surface area contributed by atoms with Gasteiger partial charge in [-0.2, -0.15) is 0 Å². The van der Waals surface area contributed by atoms with Crippen LogP contribution in [0, 0.1) is 11.6 Å². The van der Waals surface area contributed by atoms with Crippen LogP contribution in [0.4, 0.5) is 8.78 Å². The Hall–Kier alpha value is -1.59. The zero-order valence-corrected chi connectivity index (χ0v) is 10.9. The quantitative estimate of drug-likeness (QED) is 0.805. The molecule has 0 saturated carbocycles. The lowest BCUT2D eigenvalue weighted by Crippen LogP contribution is -2.02. The second-order valence-corrected chi connectivity index (χ2v) is 4.11. The molecule has 100 valence electrons. The monoisotopic (exact) mass is 284 g/mol. The Morgan fingerprint density at radius 1 is 1.21 bits per heavy atom. The Balaban J connectivity index is 2.47. The molecule has 1 heterocycles. The number of aromatic nitrogens is 2. The molecule has 0 saturated heterocycles. The number of hydrogen-bond acceptors (Lipinski definition) is 3. The molecule has 1 aromatic heterocycles. The summed E-state index contributed by atoms with van der Waals surface area (Å²) in [5.74, 6) is -1.11. The van der Waals surface area contributed by atoms with E-state index in [4.69, 9.17) is 16.3 Å². The smallest absolute Gasteiger partial charge is 0.156 e. The molecule has 0 aliphatic heterocycles. The molecule has 0 N–H and O–H groups in total. The van der Waals surface area contributed by atoms with Gasteiger partial charge in [-0.15, -0.1) is 0 Å². The van der Waals surface area contributed by atoms with Crippen LogP contribution in [-0.4, -0.2) is 16.6 Å². The molecule has 0 atom stereocenters. The fourth-order valence-corrected chi connectivity index (χ4v) is 1.79. The molecule has 0 spiro atoms. The normalized spacial score (nSPS) is 10.7. The Kier molecular flexibility index (Phi) is 4.39. The summed E-state index contributed by atoms with van der Waals surface area (Å²) in [6.45, 7) is 2.45. The molecule has 0 amide bonds. The minimum atomic E-state index is -0.697. The minimum Gasteiger partial charge on any atom is -0.374 e. The van der Waals surface area contributed by atoms with Crippen LogP contribution in [0.2, 0.25) is 5.15 Å². The third-order valence-electron chi connectivity index (χ3n) is 2.40. The molecule has 0 fully saturated rings. The van der Waals surface area contributed by atoms with Crippen LogP contribution in [0.5, 0.6) is 0 Å². The molecule has 0 aliphatic carbocycles. The van der Waals surface area contributed by atoms with E-state index in [1.54, 1.807) is 0 Å². The maximum Gasteiger partial charge on any atom is 0.156 e. The van der Waals surface area contributed by atoms with Crippen molar-refractivity contribution in [3.8, 4) is 11.3 Å². The van der Waals surface area contributed by atoms with Crippen molar-refractivity contribution < 1.29 is 13.5 Å². The van der Waals surface area contributed by atoms with Gasteiger partial charge >= 0.3 is 0 Å². The maximum absolute atomic E-state index is 13.7. The second kappa shape index (κ2) is 6.04.